The Kier molecular flexibility index (Phi) is 12.4. The number of nitrogens with one attached hydrogen (secondary N) is 1. The summed E-state index contributed by atoms with van der Waals surface area (Å²) in [5.74, 6) is -2.84. The SMILES string of the molecule is CCNCC.Cc1ccc(C(=O)OCO[C@@](Cn2cncn2)(c2ccc(F)cc2F)[C@@H](C)c2nc(-c3ccc(C#N)cc3)cs2)cc1. The number of nitriles is 1. The molecule has 0 saturated heterocycles. The highest BCUT2D eigenvalue weighted by Crippen LogP contribution is 2.44. The summed E-state index contributed by atoms with van der Waals surface area (Å²) >= 11 is 1.34. The lowest BCUT2D eigenvalue weighted by molar-refractivity contribution is -0.148. The van der Waals surface area contributed by atoms with Gasteiger partial charge in [0.15, 0.2) is 6.79 Å². The quantitative estimate of drug-likeness (QED) is 0.113. The minimum absolute atomic E-state index is 0.0356. The van der Waals surface area contributed by atoms with Gasteiger partial charge in [-0.05, 0) is 50.3 Å². The van der Waals surface area contributed by atoms with Crippen molar-refractivity contribution in [1.82, 2.24) is 25.1 Å². The molecule has 0 aliphatic carbocycles. The molecule has 12 heteroatoms. The second-order valence-electron chi connectivity index (χ2n) is 10.6. The Labute approximate surface area is 276 Å². The fourth-order valence-electron chi connectivity index (χ4n) is 4.84. The van der Waals surface area contributed by atoms with E-state index in [2.05, 4.69) is 35.3 Å². The van der Waals surface area contributed by atoms with E-state index in [0.717, 1.165) is 36.3 Å². The highest BCUT2D eigenvalue weighted by Gasteiger charge is 2.45. The molecular weight excluding hydrogens is 622 g/mol. The molecule has 9 nitrogen and oxygen atoms in total. The average molecular weight is 659 g/mol. The van der Waals surface area contributed by atoms with E-state index in [1.54, 1.807) is 48.5 Å². The van der Waals surface area contributed by atoms with Crippen LogP contribution in [0.1, 0.15) is 58.7 Å². The Morgan fingerprint density at radius 2 is 1.81 bits per heavy atom. The molecule has 5 rings (SSSR count). The van der Waals surface area contributed by atoms with Crippen LogP contribution in [0.25, 0.3) is 11.3 Å². The number of carbonyl (C=O) groups excluding carboxylic acids is 1. The van der Waals surface area contributed by atoms with Gasteiger partial charge in [-0.15, -0.1) is 11.3 Å². The molecule has 1 N–H and O–H groups in total. The lowest BCUT2D eigenvalue weighted by Crippen LogP contribution is -2.42. The number of thiazole rings is 1. The lowest BCUT2D eigenvalue weighted by atomic mass is 9.81. The first-order valence-corrected chi connectivity index (χ1v) is 15.9. The molecule has 2 aromatic heterocycles. The number of rotatable bonds is 12. The second-order valence-corrected chi connectivity index (χ2v) is 11.5. The van der Waals surface area contributed by atoms with Crippen molar-refractivity contribution >= 4 is 17.3 Å². The zero-order chi connectivity index (χ0) is 33.8. The molecule has 0 aliphatic heterocycles. The molecule has 244 valence electrons. The normalized spacial score (nSPS) is 12.7. The summed E-state index contributed by atoms with van der Waals surface area (Å²) in [7, 11) is 0. The molecule has 47 heavy (non-hydrogen) atoms. The maximum atomic E-state index is 15.6. The molecule has 2 atom stereocenters. The van der Waals surface area contributed by atoms with Crippen molar-refractivity contribution in [1.29, 1.82) is 5.26 Å². The average Bonchev–Trinajstić information content (AvgIpc) is 3.78. The summed E-state index contributed by atoms with van der Waals surface area (Å²) in [6.07, 6.45) is 2.79. The lowest BCUT2D eigenvalue weighted by Gasteiger charge is -2.38. The first kappa shape index (κ1) is 35.0. The van der Waals surface area contributed by atoms with E-state index in [9.17, 15) is 9.18 Å². The maximum absolute atomic E-state index is 15.6. The molecule has 0 fully saturated rings. The van der Waals surface area contributed by atoms with E-state index in [4.69, 9.17) is 19.7 Å². The van der Waals surface area contributed by atoms with E-state index in [1.807, 2.05) is 19.2 Å². The molecule has 2 heterocycles. The summed E-state index contributed by atoms with van der Waals surface area (Å²) in [5, 5.41) is 18.9. The molecule has 0 amide bonds. The number of ether oxygens (including phenoxy) is 2. The van der Waals surface area contributed by atoms with Crippen LogP contribution in [0.3, 0.4) is 0 Å². The van der Waals surface area contributed by atoms with Crippen LogP contribution in [0, 0.1) is 29.9 Å². The molecule has 5 aromatic rings. The Hall–Kier alpha value is -4.83. The first-order valence-electron chi connectivity index (χ1n) is 15.0. The number of aryl methyl sites for hydroxylation is 1. The van der Waals surface area contributed by atoms with Crippen molar-refractivity contribution in [3.05, 3.63) is 124 Å². The van der Waals surface area contributed by atoms with E-state index >= 15 is 4.39 Å². The van der Waals surface area contributed by atoms with Crippen LogP contribution in [0.15, 0.2) is 84.8 Å². The van der Waals surface area contributed by atoms with Crippen molar-refractivity contribution in [2.75, 3.05) is 19.9 Å². The third kappa shape index (κ3) is 8.92. The number of hydrogen-bond acceptors (Lipinski definition) is 9. The molecule has 0 spiro atoms. The minimum Gasteiger partial charge on any atom is -0.435 e. The first-order chi connectivity index (χ1) is 22.7. The number of carbonyl (C=O) groups is 1. The fourth-order valence-corrected chi connectivity index (χ4v) is 5.80. The summed E-state index contributed by atoms with van der Waals surface area (Å²) in [6.45, 7) is 9.52. The molecule has 0 aliphatic rings. The van der Waals surface area contributed by atoms with Crippen molar-refractivity contribution in [2.24, 2.45) is 0 Å². The number of halogens is 2. The van der Waals surface area contributed by atoms with Crippen molar-refractivity contribution in [2.45, 2.75) is 45.8 Å². The largest absolute Gasteiger partial charge is 0.435 e. The number of esters is 1. The fraction of sp³-hybridized carbons (Fsp3) is 0.286. The topological polar surface area (TPSA) is 115 Å². The zero-order valence-corrected chi connectivity index (χ0v) is 27.4. The zero-order valence-electron chi connectivity index (χ0n) is 26.6. The molecule has 0 radical (unpaired) electrons. The van der Waals surface area contributed by atoms with E-state index in [-0.39, 0.29) is 12.1 Å². The van der Waals surface area contributed by atoms with Gasteiger partial charge in [-0.25, -0.2) is 28.2 Å². The van der Waals surface area contributed by atoms with Gasteiger partial charge < -0.3 is 14.8 Å². The number of hydrogen-bond donors (Lipinski definition) is 1. The second kappa shape index (κ2) is 16.6. The molecule has 0 saturated carbocycles. The summed E-state index contributed by atoms with van der Waals surface area (Å²) in [6, 6.07) is 19.2. The number of benzene rings is 3. The Bertz CT molecular complexity index is 1770. The van der Waals surface area contributed by atoms with Gasteiger partial charge >= 0.3 is 5.97 Å². The monoisotopic (exact) mass is 658 g/mol. The number of nitrogens with zero attached hydrogens (tertiary/aromatic N) is 5. The van der Waals surface area contributed by atoms with Gasteiger partial charge in [0.2, 0.25) is 0 Å². The predicted octanol–water partition coefficient (Wildman–Crippen LogP) is 7.01. The van der Waals surface area contributed by atoms with Crippen molar-refractivity contribution < 1.29 is 23.0 Å². The van der Waals surface area contributed by atoms with E-state index in [1.165, 1.54) is 34.7 Å². The smallest absolute Gasteiger partial charge is 0.340 e. The van der Waals surface area contributed by atoms with Gasteiger partial charge in [-0.2, -0.15) is 10.4 Å². The van der Waals surface area contributed by atoms with Gasteiger partial charge in [-0.3, -0.25) is 0 Å². The Balaban J connectivity index is 0.000000930. The maximum Gasteiger partial charge on any atom is 0.340 e. The van der Waals surface area contributed by atoms with Crippen LogP contribution in [0.2, 0.25) is 0 Å². The molecule has 3 aromatic carbocycles. The molecule has 0 unspecified atom stereocenters. The Morgan fingerprint density at radius 1 is 1.09 bits per heavy atom. The van der Waals surface area contributed by atoms with Crippen LogP contribution >= 0.6 is 11.3 Å². The van der Waals surface area contributed by atoms with Crippen LogP contribution < -0.4 is 5.32 Å². The summed E-state index contributed by atoms with van der Waals surface area (Å²) in [4.78, 5) is 21.6. The minimum atomic E-state index is -1.56. The van der Waals surface area contributed by atoms with E-state index in [0.29, 0.717) is 21.8 Å². The predicted molar refractivity (Wildman–Crippen MR) is 176 cm³/mol. The summed E-state index contributed by atoms with van der Waals surface area (Å²) in [5.41, 5.74) is 1.78. The molecule has 0 bridgehead atoms. The molecular formula is C35H36F2N6O3S. The van der Waals surface area contributed by atoms with Crippen LogP contribution in [-0.2, 0) is 21.6 Å². The van der Waals surface area contributed by atoms with Gasteiger partial charge in [0.25, 0.3) is 0 Å². The van der Waals surface area contributed by atoms with Crippen LogP contribution in [0.5, 0.6) is 0 Å². The summed E-state index contributed by atoms with van der Waals surface area (Å²) < 4.78 is 42.9. The third-order valence-corrected chi connectivity index (χ3v) is 8.47. The Morgan fingerprint density at radius 3 is 2.40 bits per heavy atom. The van der Waals surface area contributed by atoms with E-state index < -0.39 is 35.9 Å². The van der Waals surface area contributed by atoms with Crippen molar-refractivity contribution in [3.8, 4) is 17.3 Å². The van der Waals surface area contributed by atoms with Crippen LogP contribution in [0.4, 0.5) is 8.78 Å². The van der Waals surface area contributed by atoms with Gasteiger partial charge in [0, 0.05) is 28.5 Å². The highest BCUT2D eigenvalue weighted by atomic mass is 32.1. The van der Waals surface area contributed by atoms with Crippen molar-refractivity contribution in [3.63, 3.8) is 0 Å². The highest BCUT2D eigenvalue weighted by molar-refractivity contribution is 7.10. The van der Waals surface area contributed by atoms with Crippen LogP contribution in [-0.4, -0.2) is 45.6 Å². The van der Waals surface area contributed by atoms with Gasteiger partial charge in [0.1, 0.15) is 29.9 Å². The van der Waals surface area contributed by atoms with Gasteiger partial charge in [-0.1, -0.05) is 56.7 Å². The standard InChI is InChI=1S/C31H25F2N5O3S.C4H11N/c1-20-3-7-24(8-4-20)30(39)40-19-41-31(16-38-18-35-17-36-38,26-12-11-25(32)13-27(26)33)21(2)29-37-28(15-42-29)23-9-5-22(14-34)6-10-23;1-3-5-4-2/h3-13,15,17-18,21H,16,19H2,1-2H3;5H,3-4H2,1-2H3/t21-,31+;/m0./s1. The van der Waals surface area contributed by atoms with Gasteiger partial charge in [0.05, 0.1) is 34.4 Å². The number of aromatic nitrogens is 4. The third-order valence-electron chi connectivity index (χ3n) is 7.45.